The molecule has 0 aliphatic carbocycles. The van der Waals surface area contributed by atoms with Gasteiger partial charge in [-0.05, 0) is 12.1 Å². The summed E-state index contributed by atoms with van der Waals surface area (Å²) >= 11 is 6.00. The van der Waals surface area contributed by atoms with Crippen LogP contribution in [-0.2, 0) is 9.53 Å². The molecule has 0 radical (unpaired) electrons. The van der Waals surface area contributed by atoms with E-state index >= 15 is 0 Å². The van der Waals surface area contributed by atoms with Crippen LogP contribution in [0.2, 0.25) is 5.02 Å². The van der Waals surface area contributed by atoms with Crippen molar-refractivity contribution in [3.05, 3.63) is 28.8 Å². The Bertz CT molecular complexity index is 504. The van der Waals surface area contributed by atoms with Gasteiger partial charge < -0.3 is 15.4 Å². The molecule has 1 aromatic carbocycles. The Balaban J connectivity index is 2.48. The van der Waals surface area contributed by atoms with Gasteiger partial charge in [0, 0.05) is 19.0 Å². The zero-order valence-corrected chi connectivity index (χ0v) is 10.6. The lowest BCUT2D eigenvalue weighted by atomic mass is 10.1. The van der Waals surface area contributed by atoms with Crippen molar-refractivity contribution in [2.24, 2.45) is 5.73 Å². The molecule has 5 nitrogen and oxygen atoms in total. The molecule has 18 heavy (non-hydrogen) atoms. The van der Waals surface area contributed by atoms with Crippen molar-refractivity contribution in [1.82, 2.24) is 0 Å². The SMILES string of the molecule is COC(=O)c1c(Cl)cccc1N1CC(N)CC1=O. The summed E-state index contributed by atoms with van der Waals surface area (Å²) < 4.78 is 4.69. The van der Waals surface area contributed by atoms with Gasteiger partial charge in [-0.2, -0.15) is 0 Å². The number of halogens is 1. The number of rotatable bonds is 2. The fourth-order valence-electron chi connectivity index (χ4n) is 2.01. The lowest BCUT2D eigenvalue weighted by Crippen LogP contribution is -2.29. The van der Waals surface area contributed by atoms with E-state index in [0.717, 1.165) is 0 Å². The summed E-state index contributed by atoms with van der Waals surface area (Å²) in [6.45, 7) is 0.378. The summed E-state index contributed by atoms with van der Waals surface area (Å²) in [4.78, 5) is 25.0. The maximum Gasteiger partial charge on any atom is 0.341 e. The van der Waals surface area contributed by atoms with Gasteiger partial charge in [0.2, 0.25) is 5.91 Å². The molecule has 1 aliphatic heterocycles. The molecule has 0 saturated carbocycles. The smallest absolute Gasteiger partial charge is 0.341 e. The van der Waals surface area contributed by atoms with Crippen LogP contribution in [-0.4, -0.2) is 31.6 Å². The average Bonchev–Trinajstić information content (AvgIpc) is 2.67. The minimum atomic E-state index is -0.566. The lowest BCUT2D eigenvalue weighted by Gasteiger charge is -2.19. The summed E-state index contributed by atoms with van der Waals surface area (Å²) in [6.07, 6.45) is 0.271. The van der Waals surface area contributed by atoms with Crippen molar-refractivity contribution >= 4 is 29.2 Å². The Kier molecular flexibility index (Phi) is 3.54. The third-order valence-electron chi connectivity index (χ3n) is 2.83. The van der Waals surface area contributed by atoms with Crippen molar-refractivity contribution in [3.8, 4) is 0 Å². The minimum Gasteiger partial charge on any atom is -0.465 e. The van der Waals surface area contributed by atoms with Crippen LogP contribution in [0.15, 0.2) is 18.2 Å². The van der Waals surface area contributed by atoms with Gasteiger partial charge in [-0.1, -0.05) is 17.7 Å². The quantitative estimate of drug-likeness (QED) is 0.818. The number of hydrogen-bond donors (Lipinski definition) is 1. The summed E-state index contributed by atoms with van der Waals surface area (Å²) in [5.41, 5.74) is 6.39. The molecule has 2 N–H and O–H groups in total. The van der Waals surface area contributed by atoms with E-state index < -0.39 is 5.97 Å². The molecule has 1 unspecified atom stereocenters. The number of methoxy groups -OCH3 is 1. The van der Waals surface area contributed by atoms with Gasteiger partial charge >= 0.3 is 5.97 Å². The van der Waals surface area contributed by atoms with Crippen molar-refractivity contribution < 1.29 is 14.3 Å². The molecule has 1 amide bonds. The van der Waals surface area contributed by atoms with Gasteiger partial charge in [-0.25, -0.2) is 4.79 Å². The molecule has 1 heterocycles. The van der Waals surface area contributed by atoms with Gasteiger partial charge in [-0.15, -0.1) is 0 Å². The second-order valence-electron chi connectivity index (χ2n) is 4.09. The van der Waals surface area contributed by atoms with Crippen LogP contribution in [0.1, 0.15) is 16.8 Å². The zero-order valence-electron chi connectivity index (χ0n) is 9.85. The summed E-state index contributed by atoms with van der Waals surface area (Å²) in [5, 5.41) is 0.257. The number of nitrogens with two attached hydrogens (primary N) is 1. The number of amides is 1. The van der Waals surface area contributed by atoms with E-state index in [9.17, 15) is 9.59 Å². The van der Waals surface area contributed by atoms with E-state index in [1.807, 2.05) is 0 Å². The molecule has 1 atom stereocenters. The summed E-state index contributed by atoms with van der Waals surface area (Å²) in [5.74, 6) is -0.682. The number of hydrogen-bond acceptors (Lipinski definition) is 4. The molecule has 6 heteroatoms. The van der Waals surface area contributed by atoms with Crippen molar-refractivity contribution in [2.45, 2.75) is 12.5 Å². The van der Waals surface area contributed by atoms with Gasteiger partial charge in [0.15, 0.2) is 0 Å². The number of nitrogens with zero attached hydrogens (tertiary/aromatic N) is 1. The topological polar surface area (TPSA) is 72.6 Å². The van der Waals surface area contributed by atoms with Crippen LogP contribution in [0, 0.1) is 0 Å². The average molecular weight is 269 g/mol. The van der Waals surface area contributed by atoms with Crippen LogP contribution in [0.3, 0.4) is 0 Å². The number of esters is 1. The van der Waals surface area contributed by atoms with Gasteiger partial charge in [0.25, 0.3) is 0 Å². The molecule has 1 aliphatic rings. The Labute approximate surface area is 109 Å². The second-order valence-corrected chi connectivity index (χ2v) is 4.50. The number of ether oxygens (including phenoxy) is 1. The molecule has 1 saturated heterocycles. The molecule has 96 valence electrons. The first-order valence-electron chi connectivity index (χ1n) is 5.47. The molecule has 1 fully saturated rings. The molecule has 0 bridgehead atoms. The Morgan fingerprint density at radius 3 is 2.83 bits per heavy atom. The molecule has 2 rings (SSSR count). The maximum atomic E-state index is 11.8. The molecular formula is C12H13ClN2O3. The van der Waals surface area contributed by atoms with Crippen LogP contribution in [0.5, 0.6) is 0 Å². The third kappa shape index (κ3) is 2.19. The standard InChI is InChI=1S/C12H13ClN2O3/c1-18-12(17)11-8(13)3-2-4-9(11)15-6-7(14)5-10(15)16/h2-4,7H,5-6,14H2,1H3. The first-order chi connectivity index (χ1) is 8.54. The number of benzene rings is 1. The van der Waals surface area contributed by atoms with E-state index in [1.165, 1.54) is 12.0 Å². The van der Waals surface area contributed by atoms with Crippen molar-refractivity contribution in [3.63, 3.8) is 0 Å². The maximum absolute atomic E-state index is 11.8. The molecule has 0 aromatic heterocycles. The van der Waals surface area contributed by atoms with Crippen molar-refractivity contribution in [1.29, 1.82) is 0 Å². The monoisotopic (exact) mass is 268 g/mol. The van der Waals surface area contributed by atoms with Crippen LogP contribution >= 0.6 is 11.6 Å². The highest BCUT2D eigenvalue weighted by Gasteiger charge is 2.31. The number of anilines is 1. The van der Waals surface area contributed by atoms with E-state index in [1.54, 1.807) is 18.2 Å². The molecule has 1 aromatic rings. The Morgan fingerprint density at radius 1 is 1.56 bits per heavy atom. The first kappa shape index (κ1) is 12.9. The minimum absolute atomic E-state index is 0.116. The fourth-order valence-corrected chi connectivity index (χ4v) is 2.26. The van der Waals surface area contributed by atoms with Gasteiger partial charge in [0.1, 0.15) is 5.56 Å². The van der Waals surface area contributed by atoms with Crippen LogP contribution < -0.4 is 10.6 Å². The van der Waals surface area contributed by atoms with Gasteiger partial charge in [0.05, 0.1) is 17.8 Å². The van der Waals surface area contributed by atoms with E-state index in [-0.39, 0.29) is 29.0 Å². The van der Waals surface area contributed by atoms with Crippen molar-refractivity contribution in [2.75, 3.05) is 18.6 Å². The lowest BCUT2D eigenvalue weighted by molar-refractivity contribution is -0.117. The Morgan fingerprint density at radius 2 is 2.28 bits per heavy atom. The van der Waals surface area contributed by atoms with Crippen LogP contribution in [0.4, 0.5) is 5.69 Å². The predicted molar refractivity (Wildman–Crippen MR) is 67.7 cm³/mol. The van der Waals surface area contributed by atoms with E-state index in [0.29, 0.717) is 12.2 Å². The highest BCUT2D eigenvalue weighted by Crippen LogP contribution is 2.30. The largest absolute Gasteiger partial charge is 0.465 e. The summed E-state index contributed by atoms with van der Waals surface area (Å²) in [7, 11) is 1.27. The highest BCUT2D eigenvalue weighted by atomic mass is 35.5. The molecule has 0 spiro atoms. The van der Waals surface area contributed by atoms with Gasteiger partial charge in [-0.3, -0.25) is 4.79 Å². The summed E-state index contributed by atoms with van der Waals surface area (Å²) in [6, 6.07) is 4.70. The van der Waals surface area contributed by atoms with E-state index in [4.69, 9.17) is 17.3 Å². The van der Waals surface area contributed by atoms with Crippen LogP contribution in [0.25, 0.3) is 0 Å². The third-order valence-corrected chi connectivity index (χ3v) is 3.14. The normalized spacial score (nSPS) is 19.2. The highest BCUT2D eigenvalue weighted by molar-refractivity contribution is 6.34. The zero-order chi connectivity index (χ0) is 13.3. The first-order valence-corrected chi connectivity index (χ1v) is 5.85. The second kappa shape index (κ2) is 4.96. The van der Waals surface area contributed by atoms with E-state index in [2.05, 4.69) is 4.74 Å². The fraction of sp³-hybridized carbons (Fsp3) is 0.333. The number of carbonyl (C=O) groups excluding carboxylic acids is 2. The predicted octanol–water partition coefficient (Wildman–Crippen LogP) is 1.19. The Hall–Kier alpha value is -1.59. The molecular weight excluding hydrogens is 256 g/mol. The number of carbonyl (C=O) groups is 2.